The van der Waals surface area contributed by atoms with Crippen molar-refractivity contribution in [2.75, 3.05) is 4.90 Å². The van der Waals surface area contributed by atoms with Crippen LogP contribution in [-0.2, 0) is 0 Å². The van der Waals surface area contributed by atoms with Crippen LogP contribution in [0.3, 0.4) is 0 Å². The number of para-hydroxylation sites is 2. The molecule has 1 fully saturated rings. The minimum absolute atomic E-state index is 0.563. The number of hydrogen-bond acceptors (Lipinski definition) is 2. The maximum atomic E-state index is 6.35. The van der Waals surface area contributed by atoms with E-state index in [2.05, 4.69) is 217 Å². The Kier molecular flexibility index (Phi) is 9.64. The summed E-state index contributed by atoms with van der Waals surface area (Å²) in [6.07, 6.45) is 6.42. The lowest BCUT2D eigenvalue weighted by Crippen LogP contribution is -2.13. The first-order chi connectivity index (χ1) is 31.8. The third kappa shape index (κ3) is 6.66. The molecule has 1 heterocycles. The van der Waals surface area contributed by atoms with Crippen molar-refractivity contribution in [3.05, 3.63) is 224 Å². The van der Waals surface area contributed by atoms with Crippen LogP contribution in [0.1, 0.15) is 43.6 Å². The van der Waals surface area contributed by atoms with E-state index < -0.39 is 0 Å². The predicted molar refractivity (Wildman–Crippen MR) is 271 cm³/mol. The van der Waals surface area contributed by atoms with E-state index in [1.54, 1.807) is 0 Å². The van der Waals surface area contributed by atoms with E-state index in [0.717, 1.165) is 50.1 Å². The highest BCUT2D eigenvalue weighted by molar-refractivity contribution is 6.12. The van der Waals surface area contributed by atoms with Gasteiger partial charge in [0.15, 0.2) is 0 Å². The van der Waals surface area contributed by atoms with Crippen LogP contribution in [0, 0.1) is 0 Å². The van der Waals surface area contributed by atoms with Gasteiger partial charge in [0.05, 0.1) is 11.4 Å². The van der Waals surface area contributed by atoms with Gasteiger partial charge in [-0.3, -0.25) is 0 Å². The maximum absolute atomic E-state index is 6.35. The van der Waals surface area contributed by atoms with Crippen LogP contribution in [-0.4, -0.2) is 0 Å². The Labute approximate surface area is 374 Å². The van der Waals surface area contributed by atoms with Crippen LogP contribution >= 0.6 is 0 Å². The zero-order chi connectivity index (χ0) is 42.4. The van der Waals surface area contributed by atoms with Crippen molar-refractivity contribution in [1.82, 2.24) is 0 Å². The summed E-state index contributed by atoms with van der Waals surface area (Å²) >= 11 is 0. The first-order valence-corrected chi connectivity index (χ1v) is 22.9. The van der Waals surface area contributed by atoms with Crippen LogP contribution in [0.15, 0.2) is 223 Å². The van der Waals surface area contributed by atoms with Crippen molar-refractivity contribution in [2.45, 2.75) is 38.0 Å². The van der Waals surface area contributed by atoms with Crippen LogP contribution in [0.4, 0.5) is 17.1 Å². The normalized spacial score (nSPS) is 13.2. The lowest BCUT2D eigenvalue weighted by atomic mass is 9.80. The van der Waals surface area contributed by atoms with Gasteiger partial charge in [0.1, 0.15) is 11.2 Å². The van der Waals surface area contributed by atoms with Gasteiger partial charge < -0.3 is 9.32 Å². The fourth-order valence-corrected chi connectivity index (χ4v) is 10.7. The molecule has 1 aromatic heterocycles. The van der Waals surface area contributed by atoms with Gasteiger partial charge >= 0.3 is 0 Å². The van der Waals surface area contributed by atoms with Gasteiger partial charge in [0, 0.05) is 27.6 Å². The van der Waals surface area contributed by atoms with Crippen LogP contribution in [0.5, 0.6) is 0 Å². The second kappa shape index (κ2) is 16.2. The molecule has 64 heavy (non-hydrogen) atoms. The third-order valence-electron chi connectivity index (χ3n) is 13.7. The summed E-state index contributed by atoms with van der Waals surface area (Å²) < 4.78 is 6.35. The molecule has 0 unspecified atom stereocenters. The summed E-state index contributed by atoms with van der Waals surface area (Å²) in [5, 5.41) is 7.44. The first kappa shape index (κ1) is 38.0. The predicted octanol–water partition coefficient (Wildman–Crippen LogP) is 18.1. The van der Waals surface area contributed by atoms with Crippen LogP contribution < -0.4 is 4.90 Å². The van der Waals surface area contributed by atoms with Gasteiger partial charge in [0.2, 0.25) is 0 Å². The largest absolute Gasteiger partial charge is 0.456 e. The molecular weight excluding hydrogens is 775 g/mol. The molecule has 2 nitrogen and oxygen atoms in total. The van der Waals surface area contributed by atoms with Crippen LogP contribution in [0.2, 0.25) is 0 Å². The average molecular weight is 822 g/mol. The molecule has 0 saturated heterocycles. The Morgan fingerprint density at radius 1 is 0.359 bits per heavy atom. The van der Waals surface area contributed by atoms with Gasteiger partial charge in [-0.25, -0.2) is 0 Å². The molecule has 0 radical (unpaired) electrons. The Bertz CT molecular complexity index is 3470. The fraction of sp³-hybridized carbons (Fsp3) is 0.0968. The van der Waals surface area contributed by atoms with Crippen LogP contribution in [0.25, 0.3) is 88.0 Å². The Balaban J connectivity index is 1.11. The molecule has 11 aromatic rings. The minimum atomic E-state index is 0.563. The molecule has 0 N–H and O–H groups in total. The van der Waals surface area contributed by atoms with Gasteiger partial charge in [0.25, 0.3) is 0 Å². The molecule has 0 amide bonds. The Morgan fingerprint density at radius 2 is 0.969 bits per heavy atom. The molecule has 0 aliphatic heterocycles. The number of benzene rings is 10. The van der Waals surface area contributed by atoms with Gasteiger partial charge in [-0.1, -0.05) is 201 Å². The van der Waals surface area contributed by atoms with E-state index in [4.69, 9.17) is 4.42 Å². The number of hydrogen-bond donors (Lipinski definition) is 0. The second-order valence-electron chi connectivity index (χ2n) is 17.4. The lowest BCUT2D eigenvalue weighted by Gasteiger charge is -2.31. The summed E-state index contributed by atoms with van der Waals surface area (Å²) in [6, 6.07) is 80.2. The molecule has 12 rings (SSSR count). The summed E-state index contributed by atoms with van der Waals surface area (Å²) in [5.41, 5.74) is 16.2. The van der Waals surface area contributed by atoms with E-state index in [-0.39, 0.29) is 0 Å². The van der Waals surface area contributed by atoms with Crippen molar-refractivity contribution in [2.24, 2.45) is 0 Å². The SMILES string of the molecule is c1ccc(-c2ccc(-c3cccc4ccccc34)cc2N(c2ccc(-c3cccc4oc5ccccc5c34)cc2)c2ccccc2-c2cccc3cccc(C4CCCCC4)c23)cc1. The van der Waals surface area contributed by atoms with Gasteiger partial charge in [-0.15, -0.1) is 0 Å². The number of nitrogens with zero attached hydrogens (tertiary/aromatic N) is 1. The van der Waals surface area contributed by atoms with Crippen molar-refractivity contribution in [3.63, 3.8) is 0 Å². The Morgan fingerprint density at radius 3 is 1.83 bits per heavy atom. The highest BCUT2D eigenvalue weighted by atomic mass is 16.3. The van der Waals surface area contributed by atoms with E-state index in [9.17, 15) is 0 Å². The Hall–Kier alpha value is -7.68. The summed E-state index contributed by atoms with van der Waals surface area (Å²) in [7, 11) is 0. The second-order valence-corrected chi connectivity index (χ2v) is 17.4. The van der Waals surface area contributed by atoms with Gasteiger partial charge in [-0.2, -0.15) is 0 Å². The van der Waals surface area contributed by atoms with Gasteiger partial charge in [-0.05, 0) is 116 Å². The molecule has 0 spiro atoms. The number of fused-ring (bicyclic) bond motifs is 5. The van der Waals surface area contributed by atoms with Crippen molar-refractivity contribution in [1.29, 1.82) is 0 Å². The summed E-state index contributed by atoms with van der Waals surface area (Å²) in [4.78, 5) is 2.52. The molecule has 1 aliphatic rings. The molecule has 306 valence electrons. The highest BCUT2D eigenvalue weighted by Crippen LogP contribution is 2.49. The third-order valence-corrected chi connectivity index (χ3v) is 13.7. The smallest absolute Gasteiger partial charge is 0.136 e. The molecule has 0 bridgehead atoms. The molecule has 0 atom stereocenters. The number of anilines is 3. The van der Waals surface area contributed by atoms with Crippen molar-refractivity contribution < 1.29 is 4.42 Å². The summed E-state index contributed by atoms with van der Waals surface area (Å²) in [6.45, 7) is 0. The monoisotopic (exact) mass is 821 g/mol. The quantitative estimate of drug-likeness (QED) is 0.152. The number of furan rings is 1. The molecular formula is C62H47NO. The highest BCUT2D eigenvalue weighted by Gasteiger charge is 2.25. The topological polar surface area (TPSA) is 16.4 Å². The van der Waals surface area contributed by atoms with Crippen molar-refractivity contribution >= 4 is 60.5 Å². The fourth-order valence-electron chi connectivity index (χ4n) is 10.7. The van der Waals surface area contributed by atoms with E-state index in [1.165, 1.54) is 92.6 Å². The first-order valence-electron chi connectivity index (χ1n) is 22.9. The van der Waals surface area contributed by atoms with Crippen molar-refractivity contribution in [3.8, 4) is 44.5 Å². The minimum Gasteiger partial charge on any atom is -0.456 e. The number of rotatable bonds is 8. The lowest BCUT2D eigenvalue weighted by molar-refractivity contribution is 0.445. The van der Waals surface area contributed by atoms with E-state index in [0.29, 0.717) is 5.92 Å². The molecule has 10 aromatic carbocycles. The van der Waals surface area contributed by atoms with E-state index >= 15 is 0 Å². The summed E-state index contributed by atoms with van der Waals surface area (Å²) in [5.74, 6) is 0.563. The molecule has 2 heteroatoms. The zero-order valence-electron chi connectivity index (χ0n) is 35.8. The molecule has 1 saturated carbocycles. The average Bonchev–Trinajstić information content (AvgIpc) is 3.76. The maximum Gasteiger partial charge on any atom is 0.136 e. The zero-order valence-corrected chi connectivity index (χ0v) is 35.8. The molecule has 1 aliphatic carbocycles. The standard InChI is InChI=1S/C62H47NO/c1-3-17-43(18-4-1)51-40-37-47(50-28-13-22-42-21-7-8-25-49(42)50)41-58(51)63(48-38-35-45(36-39-48)53-30-16-34-60-62(53)56-27-10-12-33-59(56)64-60)57-32-11-9-26-54(57)55-31-15-24-46-23-14-29-52(61(46)55)44-19-5-2-6-20-44/h1,3-4,7-18,21-41,44H,2,5-6,19-20H2. The van der Waals surface area contributed by atoms with E-state index in [1.807, 2.05) is 6.07 Å².